The molecule has 1 aliphatic carbocycles. The van der Waals surface area contributed by atoms with Crippen molar-refractivity contribution in [1.29, 1.82) is 0 Å². The molecule has 2 N–H and O–H groups in total. The molecule has 0 fully saturated rings. The molecule has 7 rings (SSSR count). The molecular formula is C37H26O6. The van der Waals surface area contributed by atoms with Crippen LogP contribution >= 0.6 is 0 Å². The Morgan fingerprint density at radius 1 is 0.465 bits per heavy atom. The first kappa shape index (κ1) is 26.3. The summed E-state index contributed by atoms with van der Waals surface area (Å²) in [5.41, 5.74) is 5.76. The Balaban J connectivity index is 1.61. The molecular weight excluding hydrogens is 540 g/mol. The fourth-order valence-corrected chi connectivity index (χ4v) is 6.71. The van der Waals surface area contributed by atoms with Crippen molar-refractivity contribution in [2.24, 2.45) is 0 Å². The molecule has 43 heavy (non-hydrogen) atoms. The minimum Gasteiger partial charge on any atom is -0.481 e. The van der Waals surface area contributed by atoms with Crippen LogP contribution in [0.15, 0.2) is 121 Å². The first-order valence-corrected chi connectivity index (χ1v) is 13.9. The van der Waals surface area contributed by atoms with E-state index >= 15 is 0 Å². The highest BCUT2D eigenvalue weighted by Crippen LogP contribution is 2.58. The average molecular weight is 567 g/mol. The molecule has 6 aromatic rings. The third-order valence-corrected chi connectivity index (χ3v) is 8.23. The van der Waals surface area contributed by atoms with Crippen LogP contribution in [0.1, 0.15) is 22.3 Å². The molecule has 0 unspecified atom stereocenters. The number of benzene rings is 6. The van der Waals surface area contributed by atoms with Crippen LogP contribution in [-0.2, 0) is 15.0 Å². The first-order valence-electron chi connectivity index (χ1n) is 13.9. The van der Waals surface area contributed by atoms with Crippen molar-refractivity contribution in [2.45, 2.75) is 5.41 Å². The van der Waals surface area contributed by atoms with Crippen LogP contribution in [0.5, 0.6) is 11.5 Å². The van der Waals surface area contributed by atoms with Gasteiger partial charge in [0.25, 0.3) is 0 Å². The second kappa shape index (κ2) is 10.3. The minimum atomic E-state index is -1.04. The lowest BCUT2D eigenvalue weighted by Gasteiger charge is -2.36. The topological polar surface area (TPSA) is 93.1 Å². The normalized spacial score (nSPS) is 12.9. The highest BCUT2D eigenvalue weighted by atomic mass is 16.5. The number of rotatable bonds is 8. The van der Waals surface area contributed by atoms with Crippen molar-refractivity contribution in [1.82, 2.24) is 0 Å². The van der Waals surface area contributed by atoms with Gasteiger partial charge in [-0.15, -0.1) is 0 Å². The first-order chi connectivity index (χ1) is 21.0. The molecule has 0 saturated carbocycles. The van der Waals surface area contributed by atoms with E-state index in [0.29, 0.717) is 11.5 Å². The lowest BCUT2D eigenvalue weighted by Crippen LogP contribution is -2.29. The third kappa shape index (κ3) is 4.10. The molecule has 0 aromatic heterocycles. The van der Waals surface area contributed by atoms with Crippen molar-refractivity contribution >= 4 is 33.5 Å². The zero-order valence-electron chi connectivity index (χ0n) is 23.0. The molecule has 0 spiro atoms. The molecule has 0 bridgehead atoms. The predicted octanol–water partition coefficient (Wildman–Crippen LogP) is 7.28. The van der Waals surface area contributed by atoms with Crippen LogP contribution in [0.4, 0.5) is 0 Å². The van der Waals surface area contributed by atoms with E-state index in [9.17, 15) is 19.8 Å². The van der Waals surface area contributed by atoms with Crippen LogP contribution in [-0.4, -0.2) is 35.4 Å². The summed E-state index contributed by atoms with van der Waals surface area (Å²) in [6, 6.07) is 40.5. The summed E-state index contributed by atoms with van der Waals surface area (Å²) in [6.07, 6.45) is 0. The molecule has 6 aromatic carbocycles. The van der Waals surface area contributed by atoms with E-state index in [4.69, 9.17) is 9.47 Å². The van der Waals surface area contributed by atoms with Gasteiger partial charge in [-0.3, -0.25) is 0 Å². The molecule has 210 valence electrons. The van der Waals surface area contributed by atoms with Gasteiger partial charge < -0.3 is 19.7 Å². The van der Waals surface area contributed by atoms with Gasteiger partial charge >= 0.3 is 11.9 Å². The minimum absolute atomic E-state index is 0.442. The third-order valence-electron chi connectivity index (χ3n) is 8.23. The molecule has 0 atom stereocenters. The maximum absolute atomic E-state index is 11.4. The Bertz CT molecular complexity index is 1910. The van der Waals surface area contributed by atoms with E-state index in [1.165, 1.54) is 0 Å². The summed E-state index contributed by atoms with van der Waals surface area (Å²) in [7, 11) is 0. The van der Waals surface area contributed by atoms with Crippen LogP contribution in [0.2, 0.25) is 0 Å². The summed E-state index contributed by atoms with van der Waals surface area (Å²) in [5, 5.41) is 22.1. The van der Waals surface area contributed by atoms with Crippen molar-refractivity contribution in [3.63, 3.8) is 0 Å². The fraction of sp³-hybridized carbons (Fsp3) is 0.0811. The quantitative estimate of drug-likeness (QED) is 0.201. The zero-order valence-corrected chi connectivity index (χ0v) is 23.0. The molecule has 1 aliphatic rings. The van der Waals surface area contributed by atoms with Crippen LogP contribution in [0.25, 0.3) is 32.7 Å². The Morgan fingerprint density at radius 2 is 0.837 bits per heavy atom. The smallest absolute Gasteiger partial charge is 0.341 e. The van der Waals surface area contributed by atoms with Crippen molar-refractivity contribution in [2.75, 3.05) is 13.2 Å². The number of ether oxygens (including phenoxy) is 2. The SMILES string of the molecule is O=C(O)COc1cccc2c(C3(c4cccc5c(OCC(=O)O)cccc45)c4ccccc4-c4ccccc43)cccc12. The lowest BCUT2D eigenvalue weighted by molar-refractivity contribution is -0.140. The standard InChI is InChI=1S/C37H26O6/c38-35(39)21-42-33-19-7-11-25-27(33)13-5-17-31(25)37(29-15-3-1-9-23(29)24-10-2-4-16-30(24)37)32-18-6-14-28-26(32)12-8-20-34(28)43-22-36(40)41/h1-20H,21-22H2,(H,38,39)(H,40,41). The van der Waals surface area contributed by atoms with Crippen molar-refractivity contribution in [3.8, 4) is 22.6 Å². The number of hydrogen-bond donors (Lipinski definition) is 2. The Morgan fingerprint density at radius 3 is 1.28 bits per heavy atom. The van der Waals surface area contributed by atoms with Crippen LogP contribution in [0.3, 0.4) is 0 Å². The fourth-order valence-electron chi connectivity index (χ4n) is 6.71. The van der Waals surface area contributed by atoms with Gasteiger partial charge in [-0.2, -0.15) is 0 Å². The molecule has 0 saturated heterocycles. The van der Waals surface area contributed by atoms with Gasteiger partial charge in [0.2, 0.25) is 0 Å². The molecule has 6 nitrogen and oxygen atoms in total. The monoisotopic (exact) mass is 566 g/mol. The molecule has 0 amide bonds. The Labute approximate surface area is 247 Å². The number of aliphatic carboxylic acids is 2. The van der Waals surface area contributed by atoms with Gasteiger partial charge in [-0.1, -0.05) is 109 Å². The van der Waals surface area contributed by atoms with Crippen molar-refractivity contribution < 1.29 is 29.3 Å². The maximum Gasteiger partial charge on any atom is 0.341 e. The van der Waals surface area contributed by atoms with E-state index in [1.807, 2.05) is 48.5 Å². The summed E-state index contributed by atoms with van der Waals surface area (Å²) in [5.74, 6) is -1.09. The number of carboxylic acid groups (broad SMARTS) is 2. The summed E-state index contributed by atoms with van der Waals surface area (Å²) >= 11 is 0. The van der Waals surface area contributed by atoms with Gasteiger partial charge in [0.15, 0.2) is 13.2 Å². The predicted molar refractivity (Wildman–Crippen MR) is 165 cm³/mol. The molecule has 6 heteroatoms. The summed E-state index contributed by atoms with van der Waals surface area (Å²) in [6.45, 7) is -0.884. The Kier molecular flexibility index (Phi) is 6.32. The van der Waals surface area contributed by atoms with E-state index in [1.54, 1.807) is 12.1 Å². The second-order valence-corrected chi connectivity index (χ2v) is 10.5. The average Bonchev–Trinajstić information content (AvgIpc) is 3.33. The van der Waals surface area contributed by atoms with E-state index in [-0.39, 0.29) is 0 Å². The zero-order chi connectivity index (χ0) is 29.6. The van der Waals surface area contributed by atoms with Crippen LogP contribution in [0, 0.1) is 0 Å². The molecule has 0 aliphatic heterocycles. The molecule has 0 heterocycles. The van der Waals surface area contributed by atoms with Gasteiger partial charge in [-0.05, 0) is 56.3 Å². The summed E-state index contributed by atoms with van der Waals surface area (Å²) in [4.78, 5) is 22.7. The van der Waals surface area contributed by atoms with Crippen LogP contribution < -0.4 is 9.47 Å². The van der Waals surface area contributed by atoms with Gasteiger partial charge in [0.05, 0.1) is 5.41 Å². The number of carboxylic acids is 2. The highest BCUT2D eigenvalue weighted by Gasteiger charge is 2.47. The van der Waals surface area contributed by atoms with E-state index in [2.05, 4.69) is 60.7 Å². The number of hydrogen-bond acceptors (Lipinski definition) is 4. The van der Waals surface area contributed by atoms with Gasteiger partial charge in [-0.25, -0.2) is 9.59 Å². The van der Waals surface area contributed by atoms with E-state index < -0.39 is 30.6 Å². The second-order valence-electron chi connectivity index (χ2n) is 10.5. The lowest BCUT2D eigenvalue weighted by atomic mass is 9.65. The highest BCUT2D eigenvalue weighted by molar-refractivity contribution is 6.01. The number of carbonyl (C=O) groups is 2. The summed E-state index contributed by atoms with van der Waals surface area (Å²) < 4.78 is 11.5. The van der Waals surface area contributed by atoms with Crippen molar-refractivity contribution in [3.05, 3.63) is 144 Å². The van der Waals surface area contributed by atoms with Gasteiger partial charge in [0, 0.05) is 10.8 Å². The largest absolute Gasteiger partial charge is 0.481 e. The maximum atomic E-state index is 11.4. The van der Waals surface area contributed by atoms with Gasteiger partial charge in [0.1, 0.15) is 11.5 Å². The number of fused-ring (bicyclic) bond motifs is 5. The van der Waals surface area contributed by atoms with E-state index in [0.717, 1.165) is 54.9 Å². The Hall–Kier alpha value is -5.62. The molecule has 0 radical (unpaired) electrons.